The van der Waals surface area contributed by atoms with Gasteiger partial charge in [-0.3, -0.25) is 4.90 Å². The molecule has 1 aliphatic heterocycles. The van der Waals surface area contributed by atoms with Crippen LogP contribution in [0.3, 0.4) is 0 Å². The van der Waals surface area contributed by atoms with Crippen LogP contribution in [-0.2, 0) is 17.7 Å². The number of nitrogens with one attached hydrogen (secondary N) is 1. The van der Waals surface area contributed by atoms with Crippen LogP contribution < -0.4 is 5.32 Å². The van der Waals surface area contributed by atoms with Crippen molar-refractivity contribution in [3.05, 3.63) is 35.6 Å². The summed E-state index contributed by atoms with van der Waals surface area (Å²) in [5.74, 6) is 1.05. The molecular weight excluding hydrogens is 334 g/mol. The minimum atomic E-state index is 0.754. The van der Waals surface area contributed by atoms with Gasteiger partial charge in [-0.2, -0.15) is 0 Å². The van der Waals surface area contributed by atoms with Gasteiger partial charge in [0, 0.05) is 57.1 Å². The molecule has 2 heterocycles. The Morgan fingerprint density at radius 2 is 2.04 bits per heavy atom. The maximum absolute atomic E-state index is 5.98. The van der Waals surface area contributed by atoms with Gasteiger partial charge in [0.15, 0.2) is 5.11 Å². The molecule has 1 aromatic heterocycles. The molecule has 0 amide bonds. The molecule has 1 fully saturated rings. The van der Waals surface area contributed by atoms with Gasteiger partial charge in [-0.05, 0) is 18.3 Å². The second-order valence-electron chi connectivity index (χ2n) is 6.40. The highest BCUT2D eigenvalue weighted by atomic mass is 32.1. The van der Waals surface area contributed by atoms with E-state index in [1.165, 1.54) is 10.9 Å². The second-order valence-corrected chi connectivity index (χ2v) is 6.78. The van der Waals surface area contributed by atoms with E-state index in [0.717, 1.165) is 68.8 Å². The van der Waals surface area contributed by atoms with Crippen molar-refractivity contribution >= 4 is 28.3 Å². The smallest absolute Gasteiger partial charge is 0.169 e. The number of ether oxygens (including phenoxy) is 1. The van der Waals surface area contributed by atoms with Crippen molar-refractivity contribution in [2.24, 2.45) is 0 Å². The highest BCUT2D eigenvalue weighted by Crippen LogP contribution is 2.27. The van der Waals surface area contributed by atoms with Gasteiger partial charge in [0.1, 0.15) is 11.3 Å². The van der Waals surface area contributed by atoms with E-state index >= 15 is 0 Å². The van der Waals surface area contributed by atoms with Crippen molar-refractivity contribution in [1.82, 2.24) is 15.1 Å². The van der Waals surface area contributed by atoms with Crippen LogP contribution in [0.25, 0.3) is 11.0 Å². The molecule has 1 N–H and O–H groups in total. The lowest BCUT2D eigenvalue weighted by Gasteiger charge is -2.27. The summed E-state index contributed by atoms with van der Waals surface area (Å²) < 4.78 is 11.4. The summed E-state index contributed by atoms with van der Waals surface area (Å²) in [6.07, 6.45) is 0.884. The molecule has 0 spiro atoms. The average molecular weight is 362 g/mol. The van der Waals surface area contributed by atoms with Crippen LogP contribution in [0.4, 0.5) is 0 Å². The number of thiocarbonyl (C=S) groups is 1. The first kappa shape index (κ1) is 18.2. The van der Waals surface area contributed by atoms with E-state index in [0.29, 0.717) is 0 Å². The number of benzene rings is 1. The third kappa shape index (κ3) is 4.51. The minimum Gasteiger partial charge on any atom is -0.461 e. The fourth-order valence-electron chi connectivity index (χ4n) is 3.20. The van der Waals surface area contributed by atoms with Gasteiger partial charge in [0.2, 0.25) is 0 Å². The number of rotatable bonds is 6. The van der Waals surface area contributed by atoms with Crippen LogP contribution in [0.2, 0.25) is 0 Å². The highest BCUT2D eigenvalue weighted by molar-refractivity contribution is 7.80. The lowest BCUT2D eigenvalue weighted by molar-refractivity contribution is 0.0389. The summed E-state index contributed by atoms with van der Waals surface area (Å²) in [7, 11) is 2.03. The number of para-hydroxylation sites is 1. The molecule has 1 saturated heterocycles. The summed E-state index contributed by atoms with van der Waals surface area (Å²) in [4.78, 5) is 4.49. The van der Waals surface area contributed by atoms with Crippen LogP contribution in [-0.4, -0.2) is 61.4 Å². The predicted octanol–water partition coefficient (Wildman–Crippen LogP) is 2.63. The number of hydrogen-bond acceptors (Lipinski definition) is 4. The largest absolute Gasteiger partial charge is 0.461 e. The maximum Gasteiger partial charge on any atom is 0.169 e. The van der Waals surface area contributed by atoms with Crippen molar-refractivity contribution in [1.29, 1.82) is 0 Å². The van der Waals surface area contributed by atoms with E-state index in [-0.39, 0.29) is 0 Å². The Bertz CT molecular complexity index is 710. The van der Waals surface area contributed by atoms with Gasteiger partial charge in [0.25, 0.3) is 0 Å². The molecule has 5 nitrogen and oxygen atoms in total. The average Bonchev–Trinajstić information content (AvgIpc) is 3.00. The molecule has 3 rings (SSSR count). The molecular formula is C19H27N3O2S. The monoisotopic (exact) mass is 361 g/mol. The van der Waals surface area contributed by atoms with Crippen LogP contribution >= 0.6 is 12.2 Å². The van der Waals surface area contributed by atoms with E-state index in [2.05, 4.69) is 34.2 Å². The third-order valence-electron chi connectivity index (χ3n) is 4.65. The lowest BCUT2D eigenvalue weighted by Crippen LogP contribution is -2.44. The molecule has 0 aliphatic carbocycles. The zero-order chi connectivity index (χ0) is 17.6. The second kappa shape index (κ2) is 8.65. The van der Waals surface area contributed by atoms with Crippen molar-refractivity contribution in [2.45, 2.75) is 19.9 Å². The first-order valence-corrected chi connectivity index (χ1v) is 9.38. The zero-order valence-electron chi connectivity index (χ0n) is 15.1. The van der Waals surface area contributed by atoms with Gasteiger partial charge in [-0.25, -0.2) is 0 Å². The summed E-state index contributed by atoms with van der Waals surface area (Å²) in [5.41, 5.74) is 2.19. The first-order chi connectivity index (χ1) is 12.2. The van der Waals surface area contributed by atoms with E-state index in [1.54, 1.807) is 0 Å². The van der Waals surface area contributed by atoms with Crippen molar-refractivity contribution in [3.63, 3.8) is 0 Å². The highest BCUT2D eigenvalue weighted by Gasteiger charge is 2.16. The maximum atomic E-state index is 5.98. The quantitative estimate of drug-likeness (QED) is 0.798. The van der Waals surface area contributed by atoms with Gasteiger partial charge in [-0.1, -0.05) is 25.1 Å². The first-order valence-electron chi connectivity index (χ1n) is 8.97. The van der Waals surface area contributed by atoms with E-state index in [4.69, 9.17) is 21.4 Å². The molecule has 0 saturated carbocycles. The number of nitrogens with zero attached hydrogens (tertiary/aromatic N) is 2. The summed E-state index contributed by atoms with van der Waals surface area (Å²) in [6.45, 7) is 8.40. The summed E-state index contributed by atoms with van der Waals surface area (Å²) in [5, 5.41) is 5.33. The molecule has 6 heteroatoms. The van der Waals surface area contributed by atoms with Gasteiger partial charge in [0.05, 0.1) is 13.2 Å². The van der Waals surface area contributed by atoms with Gasteiger partial charge >= 0.3 is 0 Å². The molecule has 2 aromatic rings. The fraction of sp³-hybridized carbons (Fsp3) is 0.526. The normalized spacial score (nSPS) is 15.4. The third-order valence-corrected chi connectivity index (χ3v) is 5.11. The van der Waals surface area contributed by atoms with Crippen molar-refractivity contribution in [2.75, 3.05) is 46.4 Å². The number of aryl methyl sites for hydroxylation is 1. The minimum absolute atomic E-state index is 0.754. The van der Waals surface area contributed by atoms with Crippen LogP contribution in [0.5, 0.6) is 0 Å². The van der Waals surface area contributed by atoms with Crippen molar-refractivity contribution < 1.29 is 9.15 Å². The van der Waals surface area contributed by atoms with Crippen LogP contribution in [0, 0.1) is 0 Å². The van der Waals surface area contributed by atoms with Gasteiger partial charge in [-0.15, -0.1) is 0 Å². The molecule has 0 unspecified atom stereocenters. The topological polar surface area (TPSA) is 40.9 Å². The Kier molecular flexibility index (Phi) is 6.29. The summed E-state index contributed by atoms with van der Waals surface area (Å²) in [6, 6.07) is 8.21. The molecule has 0 atom stereocenters. The van der Waals surface area contributed by atoms with E-state index in [1.807, 2.05) is 19.2 Å². The molecule has 1 aromatic carbocycles. The summed E-state index contributed by atoms with van der Waals surface area (Å²) >= 11 is 5.56. The molecule has 136 valence electrons. The predicted molar refractivity (Wildman–Crippen MR) is 105 cm³/mol. The zero-order valence-corrected chi connectivity index (χ0v) is 15.9. The van der Waals surface area contributed by atoms with Crippen LogP contribution in [0.1, 0.15) is 18.2 Å². The lowest BCUT2D eigenvalue weighted by atomic mass is 10.1. The number of furan rings is 1. The molecule has 25 heavy (non-hydrogen) atoms. The Labute approximate surface area is 154 Å². The van der Waals surface area contributed by atoms with E-state index in [9.17, 15) is 0 Å². The Morgan fingerprint density at radius 3 is 2.80 bits per heavy atom. The van der Waals surface area contributed by atoms with Crippen molar-refractivity contribution in [3.8, 4) is 0 Å². The Balaban J connectivity index is 1.56. The van der Waals surface area contributed by atoms with E-state index < -0.39 is 0 Å². The van der Waals surface area contributed by atoms with Crippen LogP contribution in [0.15, 0.2) is 28.7 Å². The SMILES string of the molecule is CCc1oc2ccccc2c1CN(C)C(=S)NCCN1CCOCC1. The number of hydrogen-bond donors (Lipinski definition) is 1. The molecule has 1 aliphatic rings. The molecule has 0 bridgehead atoms. The van der Waals surface area contributed by atoms with Gasteiger partial charge < -0.3 is 19.4 Å². The number of fused-ring (bicyclic) bond motifs is 1. The fourth-order valence-corrected chi connectivity index (χ4v) is 3.36. The standard InChI is InChI=1S/C19H27N3O2S/c1-3-17-16(15-6-4-5-7-18(15)24-17)14-21(2)19(25)20-8-9-22-10-12-23-13-11-22/h4-7H,3,8-14H2,1-2H3,(H,20,25). The molecule has 0 radical (unpaired) electrons. The Hall–Kier alpha value is -1.63. The number of morpholine rings is 1. The Morgan fingerprint density at radius 1 is 1.28 bits per heavy atom.